The van der Waals surface area contributed by atoms with Crippen LogP contribution in [0.25, 0.3) is 11.3 Å². The molecule has 0 amide bonds. The second-order valence-electron chi connectivity index (χ2n) is 5.01. The van der Waals surface area contributed by atoms with Crippen molar-refractivity contribution in [2.75, 3.05) is 7.11 Å². The Labute approximate surface area is 113 Å². The minimum Gasteiger partial charge on any atom is -0.460 e. The number of furan rings is 1. The summed E-state index contributed by atoms with van der Waals surface area (Å²) < 4.78 is 11.1. The van der Waals surface area contributed by atoms with Crippen LogP contribution in [0.5, 0.6) is 0 Å². The molecule has 0 radical (unpaired) electrons. The molecule has 1 aliphatic rings. The van der Waals surface area contributed by atoms with Gasteiger partial charge in [-0.15, -0.1) is 0 Å². The minimum absolute atomic E-state index is 0.604. The van der Waals surface area contributed by atoms with E-state index in [0.29, 0.717) is 12.6 Å². The Morgan fingerprint density at radius 3 is 2.84 bits per heavy atom. The fraction of sp³-hybridized carbons (Fsp3) is 0.375. The summed E-state index contributed by atoms with van der Waals surface area (Å²) in [6.45, 7) is 1.42. The van der Waals surface area contributed by atoms with Gasteiger partial charge in [0.2, 0.25) is 0 Å². The monoisotopic (exact) mass is 257 g/mol. The summed E-state index contributed by atoms with van der Waals surface area (Å²) in [6.07, 6.45) is 2.59. The van der Waals surface area contributed by atoms with Gasteiger partial charge in [-0.25, -0.2) is 0 Å². The second-order valence-corrected chi connectivity index (χ2v) is 5.01. The van der Waals surface area contributed by atoms with E-state index in [2.05, 4.69) is 17.4 Å². The van der Waals surface area contributed by atoms with Crippen LogP contribution >= 0.6 is 0 Å². The first-order chi connectivity index (χ1) is 9.36. The first kappa shape index (κ1) is 12.5. The molecule has 0 bridgehead atoms. The predicted octanol–water partition coefficient (Wildman–Crippen LogP) is 3.35. The van der Waals surface area contributed by atoms with Crippen LogP contribution in [0.4, 0.5) is 0 Å². The number of ether oxygens (including phenoxy) is 1. The molecule has 2 aromatic rings. The summed E-state index contributed by atoms with van der Waals surface area (Å²) in [5.74, 6) is 1.91. The van der Waals surface area contributed by atoms with Crippen LogP contribution in [0, 0.1) is 0 Å². The van der Waals surface area contributed by atoms with E-state index in [1.165, 1.54) is 12.8 Å². The van der Waals surface area contributed by atoms with Gasteiger partial charge in [0.1, 0.15) is 11.5 Å². The normalized spacial score (nSPS) is 14.8. The molecule has 0 spiro atoms. The van der Waals surface area contributed by atoms with Gasteiger partial charge in [-0.3, -0.25) is 0 Å². The Bertz CT molecular complexity index is 543. The van der Waals surface area contributed by atoms with Crippen LogP contribution in [0.3, 0.4) is 0 Å². The molecular weight excluding hydrogens is 238 g/mol. The lowest BCUT2D eigenvalue weighted by atomic mass is 10.1. The van der Waals surface area contributed by atoms with Crippen molar-refractivity contribution < 1.29 is 9.15 Å². The number of hydrogen-bond donors (Lipinski definition) is 1. The molecule has 1 aromatic heterocycles. The van der Waals surface area contributed by atoms with Crippen LogP contribution in [-0.2, 0) is 17.9 Å². The highest BCUT2D eigenvalue weighted by atomic mass is 16.5. The van der Waals surface area contributed by atoms with E-state index in [1.54, 1.807) is 7.11 Å². The van der Waals surface area contributed by atoms with Gasteiger partial charge in [0, 0.05) is 18.7 Å². The Kier molecular flexibility index (Phi) is 3.67. The lowest BCUT2D eigenvalue weighted by Crippen LogP contribution is -2.14. The summed E-state index contributed by atoms with van der Waals surface area (Å²) in [7, 11) is 1.71. The zero-order valence-electron chi connectivity index (χ0n) is 11.2. The highest BCUT2D eigenvalue weighted by Crippen LogP contribution is 2.27. The average molecular weight is 257 g/mol. The molecule has 1 heterocycles. The van der Waals surface area contributed by atoms with Gasteiger partial charge in [-0.2, -0.15) is 0 Å². The maximum atomic E-state index is 5.92. The number of hydrogen-bond acceptors (Lipinski definition) is 3. The molecule has 3 nitrogen and oxygen atoms in total. The molecule has 3 heteroatoms. The molecule has 0 unspecified atom stereocenters. The topological polar surface area (TPSA) is 34.4 Å². The highest BCUT2D eigenvalue weighted by Gasteiger charge is 2.20. The fourth-order valence-electron chi connectivity index (χ4n) is 2.19. The lowest BCUT2D eigenvalue weighted by Gasteiger charge is -2.06. The highest BCUT2D eigenvalue weighted by molar-refractivity contribution is 5.62. The number of benzene rings is 1. The summed E-state index contributed by atoms with van der Waals surface area (Å²) in [4.78, 5) is 0. The van der Waals surface area contributed by atoms with Crippen molar-refractivity contribution in [1.29, 1.82) is 0 Å². The molecule has 0 atom stereocenters. The summed E-state index contributed by atoms with van der Waals surface area (Å²) in [6, 6.07) is 13.0. The molecule has 0 aliphatic heterocycles. The van der Waals surface area contributed by atoms with Crippen molar-refractivity contribution in [3.05, 3.63) is 47.7 Å². The van der Waals surface area contributed by atoms with Gasteiger partial charge in [-0.05, 0) is 30.5 Å². The second kappa shape index (κ2) is 5.59. The summed E-state index contributed by atoms with van der Waals surface area (Å²) in [5.41, 5.74) is 2.27. The van der Waals surface area contributed by atoms with Gasteiger partial charge in [0.15, 0.2) is 0 Å². The number of methoxy groups -OCH3 is 1. The zero-order chi connectivity index (χ0) is 13.1. The Morgan fingerprint density at radius 2 is 2.05 bits per heavy atom. The molecule has 1 fully saturated rings. The molecule has 1 saturated carbocycles. The van der Waals surface area contributed by atoms with Crippen molar-refractivity contribution in [2.45, 2.75) is 32.0 Å². The van der Waals surface area contributed by atoms with E-state index in [9.17, 15) is 0 Å². The van der Waals surface area contributed by atoms with Crippen molar-refractivity contribution in [3.8, 4) is 11.3 Å². The molecule has 100 valence electrons. The third-order valence-electron chi connectivity index (χ3n) is 3.39. The van der Waals surface area contributed by atoms with Crippen LogP contribution < -0.4 is 5.32 Å². The Hall–Kier alpha value is -1.58. The summed E-state index contributed by atoms with van der Waals surface area (Å²) >= 11 is 0. The van der Waals surface area contributed by atoms with E-state index in [4.69, 9.17) is 9.15 Å². The molecule has 3 rings (SSSR count). The first-order valence-electron chi connectivity index (χ1n) is 6.76. The van der Waals surface area contributed by atoms with Crippen molar-refractivity contribution >= 4 is 0 Å². The summed E-state index contributed by atoms with van der Waals surface area (Å²) in [5, 5.41) is 3.46. The van der Waals surface area contributed by atoms with Crippen molar-refractivity contribution in [1.82, 2.24) is 5.32 Å². The predicted molar refractivity (Wildman–Crippen MR) is 74.7 cm³/mol. The Balaban J connectivity index is 1.77. The molecule has 19 heavy (non-hydrogen) atoms. The van der Waals surface area contributed by atoms with Crippen molar-refractivity contribution in [2.24, 2.45) is 0 Å². The smallest absolute Gasteiger partial charge is 0.134 e. The lowest BCUT2D eigenvalue weighted by molar-refractivity contribution is 0.185. The van der Waals surface area contributed by atoms with Crippen LogP contribution in [0.2, 0.25) is 0 Å². The maximum Gasteiger partial charge on any atom is 0.134 e. The Morgan fingerprint density at radius 1 is 1.21 bits per heavy atom. The van der Waals surface area contributed by atoms with Gasteiger partial charge >= 0.3 is 0 Å². The zero-order valence-corrected chi connectivity index (χ0v) is 11.2. The minimum atomic E-state index is 0.604. The molecular formula is C16H19NO2. The van der Waals surface area contributed by atoms with Crippen LogP contribution in [-0.4, -0.2) is 13.2 Å². The number of rotatable bonds is 6. The van der Waals surface area contributed by atoms with Crippen LogP contribution in [0.15, 0.2) is 40.8 Å². The molecule has 0 saturated heterocycles. The maximum absolute atomic E-state index is 5.92. The van der Waals surface area contributed by atoms with Gasteiger partial charge < -0.3 is 14.5 Å². The molecule has 1 aliphatic carbocycles. The van der Waals surface area contributed by atoms with E-state index in [1.807, 2.05) is 24.3 Å². The molecule has 1 aromatic carbocycles. The standard InChI is InChI=1S/C16H19NO2/c1-18-11-12-4-2-3-5-15(12)16-9-8-14(19-16)10-17-13-6-7-13/h2-5,8-9,13,17H,6-7,10-11H2,1H3. The van der Waals surface area contributed by atoms with Crippen LogP contribution in [0.1, 0.15) is 24.2 Å². The van der Waals surface area contributed by atoms with E-state index >= 15 is 0 Å². The van der Waals surface area contributed by atoms with E-state index < -0.39 is 0 Å². The number of nitrogens with one attached hydrogen (secondary N) is 1. The van der Waals surface area contributed by atoms with Crippen molar-refractivity contribution in [3.63, 3.8) is 0 Å². The third-order valence-corrected chi connectivity index (χ3v) is 3.39. The third kappa shape index (κ3) is 3.06. The van der Waals surface area contributed by atoms with Gasteiger partial charge in [0.05, 0.1) is 13.2 Å². The van der Waals surface area contributed by atoms with Gasteiger partial charge in [-0.1, -0.05) is 24.3 Å². The average Bonchev–Trinajstić information content (AvgIpc) is 3.15. The van der Waals surface area contributed by atoms with Gasteiger partial charge in [0.25, 0.3) is 0 Å². The van der Waals surface area contributed by atoms with E-state index in [0.717, 1.165) is 29.2 Å². The molecule has 1 N–H and O–H groups in total. The largest absolute Gasteiger partial charge is 0.460 e. The first-order valence-corrected chi connectivity index (χ1v) is 6.76. The SMILES string of the molecule is COCc1ccccc1-c1ccc(CNC2CC2)o1. The van der Waals surface area contributed by atoms with E-state index in [-0.39, 0.29) is 0 Å². The fourth-order valence-corrected chi connectivity index (χ4v) is 2.19. The quantitative estimate of drug-likeness (QED) is 0.861.